The Morgan fingerprint density at radius 2 is 2.05 bits per heavy atom. The van der Waals surface area contributed by atoms with E-state index < -0.39 is 0 Å². The van der Waals surface area contributed by atoms with E-state index in [2.05, 4.69) is 20.6 Å². The van der Waals surface area contributed by atoms with Crippen LogP contribution >= 0.6 is 11.6 Å². The predicted molar refractivity (Wildman–Crippen MR) is 81.5 cm³/mol. The molecule has 6 heteroatoms. The average molecular weight is 293 g/mol. The van der Waals surface area contributed by atoms with Crippen LogP contribution in [0.15, 0.2) is 30.5 Å². The highest BCUT2D eigenvalue weighted by molar-refractivity contribution is 6.32. The second kappa shape index (κ2) is 6.96. The number of hydrogen-bond acceptors (Lipinski definition) is 5. The summed E-state index contributed by atoms with van der Waals surface area (Å²) in [6.45, 7) is 3.32. The molecule has 2 N–H and O–H groups in total. The minimum absolute atomic E-state index is 0.488. The molecule has 2 rings (SSSR count). The van der Waals surface area contributed by atoms with Gasteiger partial charge in [0.1, 0.15) is 10.8 Å². The van der Waals surface area contributed by atoms with E-state index in [9.17, 15) is 0 Å². The Morgan fingerprint density at radius 1 is 1.25 bits per heavy atom. The van der Waals surface area contributed by atoms with Gasteiger partial charge in [-0.05, 0) is 13.0 Å². The number of hydrogen-bond donors (Lipinski definition) is 2. The number of nitrogens with zero attached hydrogens (tertiary/aromatic N) is 2. The molecule has 0 saturated heterocycles. The molecule has 0 fully saturated rings. The van der Waals surface area contributed by atoms with E-state index >= 15 is 0 Å². The van der Waals surface area contributed by atoms with E-state index in [1.54, 1.807) is 13.3 Å². The molecule has 5 nitrogen and oxygen atoms in total. The lowest BCUT2D eigenvalue weighted by Crippen LogP contribution is -2.07. The molecule has 0 bridgehead atoms. The van der Waals surface area contributed by atoms with Crippen LogP contribution in [0, 0.1) is 0 Å². The van der Waals surface area contributed by atoms with Crippen molar-refractivity contribution in [2.24, 2.45) is 0 Å². The number of methoxy groups -OCH3 is 1. The molecule has 2 aromatic rings. The monoisotopic (exact) mass is 292 g/mol. The van der Waals surface area contributed by atoms with E-state index in [1.807, 2.05) is 31.2 Å². The van der Waals surface area contributed by atoms with Gasteiger partial charge in [-0.15, -0.1) is 0 Å². The third kappa shape index (κ3) is 3.51. The van der Waals surface area contributed by atoms with Gasteiger partial charge >= 0.3 is 0 Å². The number of nitrogens with one attached hydrogen (secondary N) is 2. The van der Waals surface area contributed by atoms with Crippen LogP contribution in [0.3, 0.4) is 0 Å². The summed E-state index contributed by atoms with van der Waals surface area (Å²) in [5, 5.41) is 6.74. The number of aromatic nitrogens is 2. The first-order valence-corrected chi connectivity index (χ1v) is 6.74. The summed E-state index contributed by atoms with van der Waals surface area (Å²) in [7, 11) is 1.65. The van der Waals surface area contributed by atoms with Gasteiger partial charge in [-0.25, -0.2) is 4.98 Å². The molecule has 0 radical (unpaired) electrons. The first-order chi connectivity index (χ1) is 9.74. The maximum Gasteiger partial charge on any atom is 0.224 e. The minimum atomic E-state index is 0.488. The molecule has 106 valence electrons. The zero-order chi connectivity index (χ0) is 14.4. The number of rotatable bonds is 6. The zero-order valence-corrected chi connectivity index (χ0v) is 12.2. The summed E-state index contributed by atoms with van der Waals surface area (Å²) < 4.78 is 5.31. The number of ether oxygens (including phenoxy) is 1. The molecule has 0 aliphatic rings. The van der Waals surface area contributed by atoms with E-state index in [1.165, 1.54) is 0 Å². The van der Waals surface area contributed by atoms with Gasteiger partial charge in [-0.1, -0.05) is 29.8 Å². The van der Waals surface area contributed by atoms with Gasteiger partial charge in [0.25, 0.3) is 0 Å². The van der Waals surface area contributed by atoms with E-state index in [-0.39, 0.29) is 0 Å². The SMILES string of the molecule is CCNc1ncc(Cl)c(NCc2ccccc2OC)n1. The van der Waals surface area contributed by atoms with Gasteiger partial charge in [0.2, 0.25) is 5.95 Å². The van der Waals surface area contributed by atoms with Crippen molar-refractivity contribution in [3.8, 4) is 5.75 Å². The number of benzene rings is 1. The number of anilines is 2. The second-order valence-electron chi connectivity index (χ2n) is 4.09. The molecule has 1 aromatic carbocycles. The molecule has 0 amide bonds. The molecule has 0 atom stereocenters. The van der Waals surface area contributed by atoms with E-state index in [0.717, 1.165) is 17.9 Å². The third-order valence-corrected chi connectivity index (χ3v) is 2.99. The van der Waals surface area contributed by atoms with E-state index in [4.69, 9.17) is 16.3 Å². The fourth-order valence-corrected chi connectivity index (χ4v) is 1.92. The first kappa shape index (κ1) is 14.4. The largest absolute Gasteiger partial charge is 0.496 e. The van der Waals surface area contributed by atoms with Crippen LogP contribution in [0.1, 0.15) is 12.5 Å². The van der Waals surface area contributed by atoms with Gasteiger partial charge in [0.15, 0.2) is 5.82 Å². The van der Waals surface area contributed by atoms with Gasteiger partial charge in [0, 0.05) is 18.7 Å². The Bertz CT molecular complexity index is 577. The van der Waals surface area contributed by atoms with Crippen LogP contribution in [-0.2, 0) is 6.54 Å². The van der Waals surface area contributed by atoms with Crippen LogP contribution in [-0.4, -0.2) is 23.6 Å². The molecular formula is C14H17ClN4O. The second-order valence-corrected chi connectivity index (χ2v) is 4.49. The lowest BCUT2D eigenvalue weighted by atomic mass is 10.2. The topological polar surface area (TPSA) is 59.1 Å². The number of halogens is 1. The summed E-state index contributed by atoms with van der Waals surface area (Å²) in [5.74, 6) is 1.99. The highest BCUT2D eigenvalue weighted by Gasteiger charge is 2.06. The minimum Gasteiger partial charge on any atom is -0.496 e. The van der Waals surface area contributed by atoms with Crippen LogP contribution in [0.5, 0.6) is 5.75 Å². The summed E-state index contributed by atoms with van der Waals surface area (Å²) in [4.78, 5) is 8.43. The summed E-state index contributed by atoms with van der Waals surface area (Å²) >= 11 is 6.09. The van der Waals surface area contributed by atoms with Crippen LogP contribution < -0.4 is 15.4 Å². The van der Waals surface area contributed by atoms with E-state index in [0.29, 0.717) is 23.3 Å². The van der Waals surface area contributed by atoms with Crippen molar-refractivity contribution in [1.29, 1.82) is 0 Å². The Hall–Kier alpha value is -2.01. The summed E-state index contributed by atoms with van der Waals surface area (Å²) in [5.41, 5.74) is 1.04. The molecule has 0 aliphatic carbocycles. The zero-order valence-electron chi connectivity index (χ0n) is 11.5. The fourth-order valence-electron chi connectivity index (χ4n) is 1.76. The fraction of sp³-hybridized carbons (Fsp3) is 0.286. The smallest absolute Gasteiger partial charge is 0.224 e. The number of para-hydroxylation sites is 1. The first-order valence-electron chi connectivity index (χ1n) is 6.36. The van der Waals surface area contributed by atoms with Crippen molar-refractivity contribution in [3.63, 3.8) is 0 Å². The Kier molecular flexibility index (Phi) is 5.01. The highest BCUT2D eigenvalue weighted by atomic mass is 35.5. The van der Waals surface area contributed by atoms with Crippen LogP contribution in [0.4, 0.5) is 11.8 Å². The quantitative estimate of drug-likeness (QED) is 0.856. The lowest BCUT2D eigenvalue weighted by Gasteiger charge is -2.11. The maximum atomic E-state index is 6.09. The average Bonchev–Trinajstić information content (AvgIpc) is 2.48. The normalized spacial score (nSPS) is 10.2. The highest BCUT2D eigenvalue weighted by Crippen LogP contribution is 2.22. The Morgan fingerprint density at radius 3 is 2.80 bits per heavy atom. The summed E-state index contributed by atoms with van der Waals surface area (Å²) in [6.07, 6.45) is 1.58. The lowest BCUT2D eigenvalue weighted by molar-refractivity contribution is 0.410. The van der Waals surface area contributed by atoms with Crippen LogP contribution in [0.25, 0.3) is 0 Å². The van der Waals surface area contributed by atoms with Crippen molar-refractivity contribution >= 4 is 23.4 Å². The predicted octanol–water partition coefficient (Wildman–Crippen LogP) is 3.18. The van der Waals surface area contributed by atoms with Crippen molar-refractivity contribution in [3.05, 3.63) is 41.0 Å². The molecule has 1 heterocycles. The van der Waals surface area contributed by atoms with Gasteiger partial charge < -0.3 is 15.4 Å². The van der Waals surface area contributed by atoms with Gasteiger partial charge in [0.05, 0.1) is 13.3 Å². The molecule has 20 heavy (non-hydrogen) atoms. The van der Waals surface area contributed by atoms with Crippen molar-refractivity contribution in [2.75, 3.05) is 24.3 Å². The van der Waals surface area contributed by atoms with Crippen molar-refractivity contribution in [1.82, 2.24) is 9.97 Å². The van der Waals surface area contributed by atoms with Gasteiger partial charge in [-0.2, -0.15) is 4.98 Å². The standard InChI is InChI=1S/C14H17ClN4O/c1-3-16-14-18-9-11(15)13(19-14)17-8-10-6-4-5-7-12(10)20-2/h4-7,9H,3,8H2,1-2H3,(H2,16,17,18,19). The molecule has 0 unspecified atom stereocenters. The summed E-state index contributed by atoms with van der Waals surface area (Å²) in [6, 6.07) is 7.81. The Balaban J connectivity index is 2.12. The molecular weight excluding hydrogens is 276 g/mol. The Labute approximate surface area is 123 Å². The van der Waals surface area contributed by atoms with Crippen molar-refractivity contribution in [2.45, 2.75) is 13.5 Å². The molecule has 0 aliphatic heterocycles. The molecule has 0 spiro atoms. The molecule has 1 aromatic heterocycles. The third-order valence-electron chi connectivity index (χ3n) is 2.72. The van der Waals surface area contributed by atoms with Gasteiger partial charge in [-0.3, -0.25) is 0 Å². The molecule has 0 saturated carbocycles. The van der Waals surface area contributed by atoms with Crippen LogP contribution in [0.2, 0.25) is 5.02 Å². The maximum absolute atomic E-state index is 6.09. The van der Waals surface area contributed by atoms with Crippen molar-refractivity contribution < 1.29 is 4.74 Å².